The highest BCUT2D eigenvalue weighted by Crippen LogP contribution is 2.36. The standard InChI is InChI=1S/C22H17ClF3N3O3/c1-29(13-20(30)28-15-6-9-19(23)18(11-15)22(24,25)26)21(31)14-4-7-16(8-5-14)32-17-3-2-10-27-12-17/h2-12H,13H2,1H3,(H,28,30). The Kier molecular flexibility index (Phi) is 6.99. The Balaban J connectivity index is 1.60. The topological polar surface area (TPSA) is 71.5 Å². The van der Waals surface area contributed by atoms with Gasteiger partial charge in [-0.05, 0) is 54.6 Å². The van der Waals surface area contributed by atoms with Crippen molar-refractivity contribution in [2.75, 3.05) is 18.9 Å². The maximum Gasteiger partial charge on any atom is 0.417 e. The zero-order chi connectivity index (χ0) is 23.3. The smallest absolute Gasteiger partial charge is 0.417 e. The van der Waals surface area contributed by atoms with Crippen molar-refractivity contribution in [2.45, 2.75) is 6.18 Å². The van der Waals surface area contributed by atoms with Gasteiger partial charge in [-0.3, -0.25) is 14.6 Å². The van der Waals surface area contributed by atoms with E-state index in [0.29, 0.717) is 17.1 Å². The van der Waals surface area contributed by atoms with Crippen molar-refractivity contribution in [2.24, 2.45) is 0 Å². The van der Waals surface area contributed by atoms with Crippen molar-refractivity contribution >= 4 is 29.1 Å². The Morgan fingerprint density at radius 3 is 2.44 bits per heavy atom. The highest BCUT2D eigenvalue weighted by Gasteiger charge is 2.33. The molecule has 1 aromatic heterocycles. The third-order valence-corrected chi connectivity index (χ3v) is 4.58. The number of nitrogens with one attached hydrogen (secondary N) is 1. The van der Waals surface area contributed by atoms with Crippen molar-refractivity contribution < 1.29 is 27.5 Å². The van der Waals surface area contributed by atoms with E-state index in [-0.39, 0.29) is 12.2 Å². The maximum atomic E-state index is 13.0. The number of pyridine rings is 1. The lowest BCUT2D eigenvalue weighted by Crippen LogP contribution is -2.34. The predicted octanol–water partition coefficient (Wildman–Crippen LogP) is 5.26. The lowest BCUT2D eigenvalue weighted by Gasteiger charge is -2.18. The molecule has 0 fully saturated rings. The molecular weight excluding hydrogens is 447 g/mol. The van der Waals surface area contributed by atoms with Crippen LogP contribution in [0.15, 0.2) is 67.0 Å². The van der Waals surface area contributed by atoms with Crippen LogP contribution in [0.1, 0.15) is 15.9 Å². The van der Waals surface area contributed by atoms with E-state index in [0.717, 1.165) is 17.0 Å². The maximum absolute atomic E-state index is 13.0. The molecule has 1 N–H and O–H groups in total. The van der Waals surface area contributed by atoms with Gasteiger partial charge in [-0.25, -0.2) is 0 Å². The highest BCUT2D eigenvalue weighted by atomic mass is 35.5. The summed E-state index contributed by atoms with van der Waals surface area (Å²) < 4.78 is 44.5. The quantitative estimate of drug-likeness (QED) is 0.541. The number of nitrogens with zero attached hydrogens (tertiary/aromatic N) is 2. The molecule has 3 aromatic rings. The van der Waals surface area contributed by atoms with Crippen molar-refractivity contribution in [1.82, 2.24) is 9.88 Å². The Morgan fingerprint density at radius 1 is 1.09 bits per heavy atom. The number of amides is 2. The van der Waals surface area contributed by atoms with Crippen LogP contribution in [-0.2, 0) is 11.0 Å². The highest BCUT2D eigenvalue weighted by molar-refractivity contribution is 6.31. The van der Waals surface area contributed by atoms with Gasteiger partial charge < -0.3 is 15.0 Å². The summed E-state index contributed by atoms with van der Waals surface area (Å²) in [6.45, 7) is -0.364. The molecule has 0 aliphatic heterocycles. The Hall–Kier alpha value is -3.59. The van der Waals surface area contributed by atoms with E-state index in [1.165, 1.54) is 25.2 Å². The van der Waals surface area contributed by atoms with Crippen LogP contribution < -0.4 is 10.1 Å². The molecule has 1 heterocycles. The summed E-state index contributed by atoms with van der Waals surface area (Å²) in [6.07, 6.45) is -1.50. The molecule has 0 aliphatic rings. The number of alkyl halides is 3. The van der Waals surface area contributed by atoms with E-state index in [4.69, 9.17) is 16.3 Å². The molecule has 0 saturated heterocycles. The van der Waals surface area contributed by atoms with Gasteiger partial charge in [-0.2, -0.15) is 13.2 Å². The third kappa shape index (κ3) is 5.98. The van der Waals surface area contributed by atoms with E-state index >= 15 is 0 Å². The fourth-order valence-electron chi connectivity index (χ4n) is 2.74. The first-order valence-electron chi connectivity index (χ1n) is 9.23. The molecule has 0 atom stereocenters. The van der Waals surface area contributed by atoms with Crippen LogP contribution >= 0.6 is 11.6 Å². The summed E-state index contributed by atoms with van der Waals surface area (Å²) >= 11 is 5.57. The summed E-state index contributed by atoms with van der Waals surface area (Å²) in [6, 6.07) is 12.8. The second kappa shape index (κ2) is 9.69. The van der Waals surface area contributed by atoms with Gasteiger partial charge in [0.2, 0.25) is 5.91 Å². The number of benzene rings is 2. The van der Waals surface area contributed by atoms with Crippen LogP contribution in [0.4, 0.5) is 18.9 Å². The number of hydrogen-bond donors (Lipinski definition) is 1. The molecule has 2 aromatic carbocycles. The number of rotatable bonds is 6. The molecule has 0 aliphatic carbocycles. The van der Waals surface area contributed by atoms with E-state index < -0.39 is 28.6 Å². The summed E-state index contributed by atoms with van der Waals surface area (Å²) in [5, 5.41) is 1.86. The Labute approximate surface area is 186 Å². The molecule has 0 unspecified atom stereocenters. The number of anilines is 1. The van der Waals surface area contributed by atoms with Gasteiger partial charge in [-0.15, -0.1) is 0 Å². The lowest BCUT2D eigenvalue weighted by molar-refractivity contribution is -0.137. The van der Waals surface area contributed by atoms with Crippen molar-refractivity contribution in [3.05, 3.63) is 83.1 Å². The average molecular weight is 464 g/mol. The van der Waals surface area contributed by atoms with E-state index in [1.807, 2.05) is 0 Å². The van der Waals surface area contributed by atoms with Gasteiger partial charge >= 0.3 is 6.18 Å². The van der Waals surface area contributed by atoms with Gasteiger partial charge in [0, 0.05) is 24.5 Å². The molecule has 0 bridgehead atoms. The van der Waals surface area contributed by atoms with Gasteiger partial charge in [-0.1, -0.05) is 11.6 Å². The number of carbonyl (C=O) groups is 2. The minimum atomic E-state index is -4.66. The first-order chi connectivity index (χ1) is 15.1. The molecule has 0 spiro atoms. The SMILES string of the molecule is CN(CC(=O)Nc1ccc(Cl)c(C(F)(F)F)c1)C(=O)c1ccc(Oc2cccnc2)cc1. The summed E-state index contributed by atoms with van der Waals surface area (Å²) in [4.78, 5) is 29.9. The van der Waals surface area contributed by atoms with Crippen LogP contribution in [0, 0.1) is 0 Å². The van der Waals surface area contributed by atoms with E-state index in [9.17, 15) is 22.8 Å². The van der Waals surface area contributed by atoms with Crippen LogP contribution in [-0.4, -0.2) is 35.3 Å². The average Bonchev–Trinajstić information content (AvgIpc) is 2.75. The second-order valence-electron chi connectivity index (χ2n) is 6.72. The molecule has 10 heteroatoms. The normalized spacial score (nSPS) is 11.0. The van der Waals surface area contributed by atoms with Gasteiger partial charge in [0.1, 0.15) is 11.5 Å². The molecule has 0 saturated carbocycles. The summed E-state index contributed by atoms with van der Waals surface area (Å²) in [5.74, 6) is -0.0672. The van der Waals surface area contributed by atoms with Crippen LogP contribution in [0.5, 0.6) is 11.5 Å². The molecule has 2 amide bonds. The van der Waals surface area contributed by atoms with Gasteiger partial charge in [0.15, 0.2) is 0 Å². The van der Waals surface area contributed by atoms with E-state index in [2.05, 4.69) is 10.3 Å². The van der Waals surface area contributed by atoms with Crippen molar-refractivity contribution in [1.29, 1.82) is 0 Å². The molecule has 0 radical (unpaired) electrons. The molecule has 32 heavy (non-hydrogen) atoms. The zero-order valence-electron chi connectivity index (χ0n) is 16.7. The number of ether oxygens (including phenoxy) is 1. The summed E-state index contributed by atoms with van der Waals surface area (Å²) in [7, 11) is 1.41. The second-order valence-corrected chi connectivity index (χ2v) is 7.12. The van der Waals surface area contributed by atoms with Crippen molar-refractivity contribution in [3.8, 4) is 11.5 Å². The van der Waals surface area contributed by atoms with Crippen LogP contribution in [0.2, 0.25) is 5.02 Å². The Bertz CT molecular complexity index is 1110. The first-order valence-corrected chi connectivity index (χ1v) is 9.61. The lowest BCUT2D eigenvalue weighted by atomic mass is 10.2. The molecule has 166 valence electrons. The molecular formula is C22H17ClF3N3O3. The number of aromatic nitrogens is 1. The zero-order valence-corrected chi connectivity index (χ0v) is 17.4. The number of halogens is 4. The van der Waals surface area contributed by atoms with Crippen molar-refractivity contribution in [3.63, 3.8) is 0 Å². The van der Waals surface area contributed by atoms with Crippen LogP contribution in [0.25, 0.3) is 0 Å². The fourth-order valence-corrected chi connectivity index (χ4v) is 2.96. The molecule has 6 nitrogen and oxygen atoms in total. The third-order valence-electron chi connectivity index (χ3n) is 4.25. The minimum Gasteiger partial charge on any atom is -0.456 e. The number of hydrogen-bond acceptors (Lipinski definition) is 4. The Morgan fingerprint density at radius 2 is 1.81 bits per heavy atom. The van der Waals surface area contributed by atoms with Gasteiger partial charge in [0.25, 0.3) is 5.91 Å². The summed E-state index contributed by atoms with van der Waals surface area (Å²) in [5.41, 5.74) is -0.829. The first kappa shape index (κ1) is 23.1. The van der Waals surface area contributed by atoms with Crippen LogP contribution in [0.3, 0.4) is 0 Å². The molecule has 3 rings (SSSR count). The number of carbonyl (C=O) groups excluding carboxylic acids is 2. The fraction of sp³-hybridized carbons (Fsp3) is 0.136. The predicted molar refractivity (Wildman–Crippen MR) is 113 cm³/mol. The minimum absolute atomic E-state index is 0.0792. The number of likely N-dealkylation sites (N-methyl/N-ethyl adjacent to an activating group) is 1. The van der Waals surface area contributed by atoms with E-state index in [1.54, 1.807) is 36.7 Å². The monoisotopic (exact) mass is 463 g/mol. The largest absolute Gasteiger partial charge is 0.456 e. The van der Waals surface area contributed by atoms with Gasteiger partial charge in [0.05, 0.1) is 23.3 Å².